The van der Waals surface area contributed by atoms with E-state index in [0.29, 0.717) is 22.3 Å². The van der Waals surface area contributed by atoms with Gasteiger partial charge in [-0.2, -0.15) is 0 Å². The maximum atomic E-state index is 13.2. The zero-order chi connectivity index (χ0) is 12.1. The Morgan fingerprint density at radius 3 is 2.75 bits per heavy atom. The first kappa shape index (κ1) is 12.9. The molecule has 0 bridgehead atoms. The van der Waals surface area contributed by atoms with Crippen molar-refractivity contribution in [1.29, 1.82) is 0 Å². The summed E-state index contributed by atoms with van der Waals surface area (Å²) < 4.78 is 13.2. The second-order valence-corrected chi connectivity index (χ2v) is 4.55. The van der Waals surface area contributed by atoms with Crippen molar-refractivity contribution in [3.05, 3.63) is 29.6 Å². The Hall–Kier alpha value is -1.16. The molecule has 0 fully saturated rings. The lowest BCUT2D eigenvalue weighted by Gasteiger charge is -2.13. The number of benzene rings is 1. The van der Waals surface area contributed by atoms with Gasteiger partial charge in [0, 0.05) is 17.8 Å². The molecule has 0 saturated heterocycles. The van der Waals surface area contributed by atoms with Crippen molar-refractivity contribution in [3.63, 3.8) is 0 Å². The monoisotopic (exact) mass is 240 g/mol. The molecule has 0 saturated carbocycles. The van der Waals surface area contributed by atoms with Gasteiger partial charge in [-0.25, -0.2) is 4.39 Å². The summed E-state index contributed by atoms with van der Waals surface area (Å²) in [4.78, 5) is 0. The van der Waals surface area contributed by atoms with Crippen LogP contribution in [0.1, 0.15) is 19.4 Å². The molecular formula is C12H17FN2S. The second-order valence-electron chi connectivity index (χ2n) is 4.14. The highest BCUT2D eigenvalue weighted by Crippen LogP contribution is 2.17. The summed E-state index contributed by atoms with van der Waals surface area (Å²) in [6.45, 7) is 6.73. The molecule has 0 aliphatic heterocycles. The van der Waals surface area contributed by atoms with E-state index in [-0.39, 0.29) is 5.82 Å². The van der Waals surface area contributed by atoms with E-state index in [4.69, 9.17) is 12.2 Å². The minimum atomic E-state index is -0.225. The molecule has 0 radical (unpaired) electrons. The van der Waals surface area contributed by atoms with Gasteiger partial charge in [-0.05, 0) is 37.2 Å². The molecule has 0 heterocycles. The summed E-state index contributed by atoms with van der Waals surface area (Å²) >= 11 is 5.11. The first-order chi connectivity index (χ1) is 7.50. The van der Waals surface area contributed by atoms with Crippen LogP contribution in [0.15, 0.2) is 18.2 Å². The van der Waals surface area contributed by atoms with Gasteiger partial charge in [0.05, 0.1) is 0 Å². The van der Waals surface area contributed by atoms with E-state index in [1.165, 1.54) is 6.07 Å². The lowest BCUT2D eigenvalue weighted by molar-refractivity contribution is 0.619. The zero-order valence-electron chi connectivity index (χ0n) is 9.80. The molecule has 0 aliphatic carbocycles. The van der Waals surface area contributed by atoms with Crippen LogP contribution in [0.5, 0.6) is 0 Å². The molecule has 0 aromatic heterocycles. The Morgan fingerprint density at radius 2 is 2.12 bits per heavy atom. The van der Waals surface area contributed by atoms with E-state index < -0.39 is 0 Å². The molecule has 1 aromatic carbocycles. The molecule has 0 spiro atoms. The summed E-state index contributed by atoms with van der Waals surface area (Å²) in [5.74, 6) is 0.296. The molecule has 88 valence electrons. The molecule has 2 N–H and O–H groups in total. The van der Waals surface area contributed by atoms with E-state index in [9.17, 15) is 4.39 Å². The van der Waals surface area contributed by atoms with Gasteiger partial charge in [0.1, 0.15) is 5.82 Å². The van der Waals surface area contributed by atoms with Gasteiger partial charge < -0.3 is 10.6 Å². The van der Waals surface area contributed by atoms with Crippen molar-refractivity contribution in [2.24, 2.45) is 5.92 Å². The van der Waals surface area contributed by atoms with E-state index in [2.05, 4.69) is 24.5 Å². The van der Waals surface area contributed by atoms with Crippen LogP contribution >= 0.6 is 12.2 Å². The molecule has 0 amide bonds. The predicted octanol–water partition coefficient (Wildman–Crippen LogP) is 3.08. The Morgan fingerprint density at radius 1 is 1.44 bits per heavy atom. The highest BCUT2D eigenvalue weighted by molar-refractivity contribution is 7.80. The van der Waals surface area contributed by atoms with Crippen molar-refractivity contribution in [2.45, 2.75) is 20.8 Å². The zero-order valence-corrected chi connectivity index (χ0v) is 10.6. The van der Waals surface area contributed by atoms with Gasteiger partial charge in [-0.15, -0.1) is 0 Å². The highest BCUT2D eigenvalue weighted by atomic mass is 32.1. The Labute approximate surface area is 101 Å². The molecule has 4 heteroatoms. The highest BCUT2D eigenvalue weighted by Gasteiger charge is 2.04. The number of thiocarbonyl (C=S) groups is 1. The maximum Gasteiger partial charge on any atom is 0.170 e. The SMILES string of the molecule is Cc1c(F)cccc1NC(=S)NCC(C)C. The fourth-order valence-electron chi connectivity index (χ4n) is 1.21. The smallest absolute Gasteiger partial charge is 0.170 e. The van der Waals surface area contributed by atoms with Crippen molar-refractivity contribution in [2.75, 3.05) is 11.9 Å². The fourth-order valence-corrected chi connectivity index (χ4v) is 1.40. The molecule has 0 atom stereocenters. The Balaban J connectivity index is 2.59. The van der Waals surface area contributed by atoms with E-state index >= 15 is 0 Å². The van der Waals surface area contributed by atoms with Crippen LogP contribution in [0, 0.1) is 18.7 Å². The molecule has 16 heavy (non-hydrogen) atoms. The minimum absolute atomic E-state index is 0.225. The molecule has 0 unspecified atom stereocenters. The van der Waals surface area contributed by atoms with Crippen LogP contribution in [0.2, 0.25) is 0 Å². The van der Waals surface area contributed by atoms with Crippen LogP contribution in [0.25, 0.3) is 0 Å². The van der Waals surface area contributed by atoms with Gasteiger partial charge >= 0.3 is 0 Å². The normalized spacial score (nSPS) is 10.3. The quantitative estimate of drug-likeness (QED) is 0.794. The molecule has 0 aliphatic rings. The van der Waals surface area contributed by atoms with E-state index in [0.717, 1.165) is 6.54 Å². The van der Waals surface area contributed by atoms with Gasteiger partial charge in [0.25, 0.3) is 0 Å². The first-order valence-electron chi connectivity index (χ1n) is 5.30. The number of rotatable bonds is 3. The van der Waals surface area contributed by atoms with Gasteiger partial charge in [0.15, 0.2) is 5.11 Å². The van der Waals surface area contributed by atoms with Crippen LogP contribution in [0.4, 0.5) is 10.1 Å². The van der Waals surface area contributed by atoms with Crippen LogP contribution in [-0.2, 0) is 0 Å². The standard InChI is InChI=1S/C12H17FN2S/c1-8(2)7-14-12(16)15-11-6-4-5-10(13)9(11)3/h4-6,8H,7H2,1-3H3,(H2,14,15,16). The maximum absolute atomic E-state index is 13.2. The number of hydrogen-bond donors (Lipinski definition) is 2. The summed E-state index contributed by atoms with van der Waals surface area (Å²) in [5, 5.41) is 6.59. The van der Waals surface area contributed by atoms with Crippen molar-refractivity contribution in [3.8, 4) is 0 Å². The third kappa shape index (κ3) is 3.77. The minimum Gasteiger partial charge on any atom is -0.362 e. The number of anilines is 1. The van der Waals surface area contributed by atoms with Crippen molar-refractivity contribution >= 4 is 23.0 Å². The predicted molar refractivity (Wildman–Crippen MR) is 70.2 cm³/mol. The van der Waals surface area contributed by atoms with E-state index in [1.54, 1.807) is 13.0 Å². The molecular weight excluding hydrogens is 223 g/mol. The van der Waals surface area contributed by atoms with Gasteiger partial charge in [-0.1, -0.05) is 19.9 Å². The number of nitrogens with one attached hydrogen (secondary N) is 2. The summed E-state index contributed by atoms with van der Waals surface area (Å²) in [7, 11) is 0. The van der Waals surface area contributed by atoms with Crippen LogP contribution < -0.4 is 10.6 Å². The van der Waals surface area contributed by atoms with Gasteiger partial charge in [0.2, 0.25) is 0 Å². The fraction of sp³-hybridized carbons (Fsp3) is 0.417. The first-order valence-corrected chi connectivity index (χ1v) is 5.71. The molecule has 2 nitrogen and oxygen atoms in total. The Kier molecular flexibility index (Phi) is 4.68. The molecule has 1 rings (SSSR count). The lowest BCUT2D eigenvalue weighted by atomic mass is 10.2. The van der Waals surface area contributed by atoms with E-state index in [1.807, 2.05) is 6.07 Å². The Bertz CT molecular complexity index is 377. The third-order valence-corrected chi connectivity index (χ3v) is 2.43. The summed E-state index contributed by atoms with van der Waals surface area (Å²) in [5.41, 5.74) is 1.29. The number of halogens is 1. The van der Waals surface area contributed by atoms with Crippen LogP contribution in [-0.4, -0.2) is 11.7 Å². The second kappa shape index (κ2) is 5.80. The largest absolute Gasteiger partial charge is 0.362 e. The van der Waals surface area contributed by atoms with Crippen molar-refractivity contribution < 1.29 is 4.39 Å². The lowest BCUT2D eigenvalue weighted by Crippen LogP contribution is -2.31. The van der Waals surface area contributed by atoms with Crippen molar-refractivity contribution in [1.82, 2.24) is 5.32 Å². The van der Waals surface area contributed by atoms with Crippen LogP contribution in [0.3, 0.4) is 0 Å². The average Bonchev–Trinajstić information content (AvgIpc) is 2.22. The molecule has 1 aromatic rings. The summed E-state index contributed by atoms with van der Waals surface area (Å²) in [6, 6.07) is 4.91. The number of hydrogen-bond acceptors (Lipinski definition) is 1. The topological polar surface area (TPSA) is 24.1 Å². The third-order valence-electron chi connectivity index (χ3n) is 2.19. The summed E-state index contributed by atoms with van der Waals surface area (Å²) in [6.07, 6.45) is 0. The average molecular weight is 240 g/mol. The van der Waals surface area contributed by atoms with Gasteiger partial charge in [-0.3, -0.25) is 0 Å².